The first-order valence-electron chi connectivity index (χ1n) is 8.59. The van der Waals surface area contributed by atoms with Crippen LogP contribution in [0.15, 0.2) is 48.5 Å². The molecule has 0 heterocycles. The Morgan fingerprint density at radius 2 is 1.77 bits per heavy atom. The summed E-state index contributed by atoms with van der Waals surface area (Å²) in [6.45, 7) is -3.79. The summed E-state index contributed by atoms with van der Waals surface area (Å²) in [5, 5.41) is 7.12. The summed E-state index contributed by atoms with van der Waals surface area (Å²) in [6.07, 6.45) is 0. The number of esters is 1. The van der Waals surface area contributed by atoms with Gasteiger partial charge in [-0.15, -0.1) is 0 Å². The van der Waals surface area contributed by atoms with Crippen molar-refractivity contribution in [1.82, 2.24) is 10.6 Å². The number of anilines is 1. The van der Waals surface area contributed by atoms with E-state index in [4.69, 9.17) is 16.3 Å². The van der Waals surface area contributed by atoms with Crippen LogP contribution in [0.5, 0.6) is 5.75 Å². The van der Waals surface area contributed by atoms with Crippen LogP contribution in [-0.4, -0.2) is 37.7 Å². The molecule has 0 aliphatic heterocycles. The SMILES string of the molecule is O=C(COC(=O)CNC(=O)NCc1ccccc1)Nc1ccc(OC(F)F)c(Cl)c1. The third-order valence-electron chi connectivity index (χ3n) is 3.49. The predicted molar refractivity (Wildman–Crippen MR) is 104 cm³/mol. The fraction of sp³-hybridized carbons (Fsp3) is 0.211. The van der Waals surface area contributed by atoms with Crippen LogP contribution in [0.4, 0.5) is 19.3 Å². The molecule has 0 saturated heterocycles. The number of rotatable bonds is 9. The number of amides is 3. The van der Waals surface area contributed by atoms with E-state index in [1.807, 2.05) is 30.3 Å². The molecule has 0 bridgehead atoms. The van der Waals surface area contributed by atoms with Gasteiger partial charge in [0.05, 0.1) is 5.02 Å². The minimum Gasteiger partial charge on any atom is -0.454 e. The Morgan fingerprint density at radius 1 is 1.03 bits per heavy atom. The average Bonchev–Trinajstić information content (AvgIpc) is 2.71. The van der Waals surface area contributed by atoms with E-state index in [1.165, 1.54) is 12.1 Å². The number of ether oxygens (including phenoxy) is 2. The average molecular weight is 442 g/mol. The molecule has 0 spiro atoms. The molecule has 8 nitrogen and oxygen atoms in total. The van der Waals surface area contributed by atoms with Gasteiger partial charge in [-0.25, -0.2) is 4.79 Å². The lowest BCUT2D eigenvalue weighted by molar-refractivity contribution is -0.146. The first-order valence-corrected chi connectivity index (χ1v) is 8.96. The largest absolute Gasteiger partial charge is 0.454 e. The van der Waals surface area contributed by atoms with Gasteiger partial charge in [0.2, 0.25) is 0 Å². The molecule has 3 N–H and O–H groups in total. The van der Waals surface area contributed by atoms with Crippen molar-refractivity contribution in [2.24, 2.45) is 0 Å². The summed E-state index contributed by atoms with van der Waals surface area (Å²) in [4.78, 5) is 35.1. The zero-order chi connectivity index (χ0) is 21.9. The molecular formula is C19H18ClF2N3O5. The summed E-state index contributed by atoms with van der Waals surface area (Å²) in [6, 6.07) is 12.3. The zero-order valence-electron chi connectivity index (χ0n) is 15.5. The van der Waals surface area contributed by atoms with Crippen molar-refractivity contribution in [3.63, 3.8) is 0 Å². The Morgan fingerprint density at radius 3 is 2.43 bits per heavy atom. The van der Waals surface area contributed by atoms with Gasteiger partial charge in [0, 0.05) is 12.2 Å². The maximum Gasteiger partial charge on any atom is 0.387 e. The van der Waals surface area contributed by atoms with E-state index in [0.717, 1.165) is 11.6 Å². The molecule has 0 aromatic heterocycles. The highest BCUT2D eigenvalue weighted by molar-refractivity contribution is 6.32. The van der Waals surface area contributed by atoms with Gasteiger partial charge in [-0.05, 0) is 23.8 Å². The van der Waals surface area contributed by atoms with E-state index in [0.29, 0.717) is 0 Å². The van der Waals surface area contributed by atoms with Crippen molar-refractivity contribution in [2.75, 3.05) is 18.5 Å². The quantitative estimate of drug-likeness (QED) is 0.519. The Bertz CT molecular complexity index is 884. The Kier molecular flexibility index (Phi) is 8.82. The molecule has 0 fully saturated rings. The molecule has 0 radical (unpaired) electrons. The van der Waals surface area contributed by atoms with Crippen LogP contribution in [-0.2, 0) is 20.9 Å². The second kappa shape index (κ2) is 11.6. The van der Waals surface area contributed by atoms with Crippen LogP contribution in [0.1, 0.15) is 5.56 Å². The fourth-order valence-corrected chi connectivity index (χ4v) is 2.38. The minimum absolute atomic E-state index is 0.129. The number of alkyl halides is 2. The highest BCUT2D eigenvalue weighted by Gasteiger charge is 2.12. The maximum atomic E-state index is 12.2. The summed E-state index contributed by atoms with van der Waals surface area (Å²) in [5.41, 5.74) is 1.09. The number of carbonyl (C=O) groups is 3. The molecule has 3 amide bonds. The van der Waals surface area contributed by atoms with Gasteiger partial charge in [-0.2, -0.15) is 8.78 Å². The number of nitrogens with one attached hydrogen (secondary N) is 3. The Balaban J connectivity index is 1.67. The van der Waals surface area contributed by atoms with Crippen molar-refractivity contribution < 1.29 is 32.6 Å². The van der Waals surface area contributed by atoms with Gasteiger partial charge in [0.25, 0.3) is 5.91 Å². The first kappa shape index (κ1) is 22.9. The maximum absolute atomic E-state index is 12.2. The highest BCUT2D eigenvalue weighted by atomic mass is 35.5. The van der Waals surface area contributed by atoms with E-state index in [-0.39, 0.29) is 23.0 Å². The van der Waals surface area contributed by atoms with Crippen LogP contribution >= 0.6 is 11.6 Å². The fourth-order valence-electron chi connectivity index (χ4n) is 2.16. The van der Waals surface area contributed by atoms with Crippen molar-refractivity contribution in [2.45, 2.75) is 13.2 Å². The van der Waals surface area contributed by atoms with Gasteiger partial charge in [0.1, 0.15) is 12.3 Å². The van der Waals surface area contributed by atoms with Crippen LogP contribution in [0.2, 0.25) is 5.02 Å². The molecule has 2 rings (SSSR count). The summed E-state index contributed by atoms with van der Waals surface area (Å²) in [5.74, 6) is -1.75. The molecule has 160 valence electrons. The number of halogens is 3. The van der Waals surface area contributed by atoms with Crippen molar-refractivity contribution in [3.8, 4) is 5.75 Å². The molecule has 0 unspecified atom stereocenters. The minimum atomic E-state index is -3.03. The number of urea groups is 1. The predicted octanol–water partition coefficient (Wildman–Crippen LogP) is 2.92. The second-order valence-corrected chi connectivity index (χ2v) is 6.16. The lowest BCUT2D eigenvalue weighted by Gasteiger charge is -2.10. The molecule has 2 aromatic carbocycles. The molecule has 0 saturated carbocycles. The van der Waals surface area contributed by atoms with E-state index in [9.17, 15) is 23.2 Å². The third-order valence-corrected chi connectivity index (χ3v) is 3.78. The monoisotopic (exact) mass is 441 g/mol. The van der Waals surface area contributed by atoms with Crippen molar-refractivity contribution >= 4 is 35.2 Å². The third kappa shape index (κ3) is 8.31. The van der Waals surface area contributed by atoms with Crippen molar-refractivity contribution in [3.05, 3.63) is 59.1 Å². The van der Waals surface area contributed by atoms with E-state index in [1.54, 1.807) is 0 Å². The molecule has 2 aromatic rings. The molecule has 11 heteroatoms. The van der Waals surface area contributed by atoms with Crippen LogP contribution in [0.3, 0.4) is 0 Å². The smallest absolute Gasteiger partial charge is 0.387 e. The zero-order valence-corrected chi connectivity index (χ0v) is 16.2. The van der Waals surface area contributed by atoms with Crippen LogP contribution in [0.25, 0.3) is 0 Å². The summed E-state index contributed by atoms with van der Waals surface area (Å²) >= 11 is 5.78. The van der Waals surface area contributed by atoms with Crippen molar-refractivity contribution in [1.29, 1.82) is 0 Å². The molecule has 0 aliphatic rings. The molecule has 0 atom stereocenters. The second-order valence-electron chi connectivity index (χ2n) is 5.75. The lowest BCUT2D eigenvalue weighted by atomic mass is 10.2. The van der Waals surface area contributed by atoms with E-state index >= 15 is 0 Å². The number of hydrogen-bond donors (Lipinski definition) is 3. The number of benzene rings is 2. The topological polar surface area (TPSA) is 106 Å². The summed E-state index contributed by atoms with van der Waals surface area (Å²) < 4.78 is 33.3. The van der Waals surface area contributed by atoms with Gasteiger partial charge in [-0.3, -0.25) is 9.59 Å². The number of hydrogen-bond acceptors (Lipinski definition) is 5. The van der Waals surface area contributed by atoms with Gasteiger partial charge in [0.15, 0.2) is 6.61 Å². The van der Waals surface area contributed by atoms with Gasteiger partial charge >= 0.3 is 18.6 Å². The highest BCUT2D eigenvalue weighted by Crippen LogP contribution is 2.28. The van der Waals surface area contributed by atoms with E-state index in [2.05, 4.69) is 20.7 Å². The molecule has 0 aliphatic carbocycles. The van der Waals surface area contributed by atoms with Crippen LogP contribution in [0, 0.1) is 0 Å². The normalized spacial score (nSPS) is 10.3. The van der Waals surface area contributed by atoms with E-state index < -0.39 is 37.7 Å². The number of carbonyl (C=O) groups excluding carboxylic acids is 3. The lowest BCUT2D eigenvalue weighted by Crippen LogP contribution is -2.39. The molecular weight excluding hydrogens is 424 g/mol. The Labute approximate surface area is 175 Å². The standard InChI is InChI=1S/C19H18ClF2N3O5/c20-14-8-13(6-7-15(14)30-18(21)22)25-16(26)11-29-17(27)10-24-19(28)23-9-12-4-2-1-3-5-12/h1-8,18H,9-11H2,(H,25,26)(H2,23,24,28). The Hall–Kier alpha value is -3.40. The molecule has 30 heavy (non-hydrogen) atoms. The van der Waals surface area contributed by atoms with Gasteiger partial charge < -0.3 is 25.4 Å². The first-order chi connectivity index (χ1) is 14.3. The van der Waals surface area contributed by atoms with Gasteiger partial charge in [-0.1, -0.05) is 41.9 Å². The summed E-state index contributed by atoms with van der Waals surface area (Å²) in [7, 11) is 0. The van der Waals surface area contributed by atoms with Crippen LogP contribution < -0.4 is 20.7 Å².